The molecule has 31 heavy (non-hydrogen) atoms. The Kier molecular flexibility index (Phi) is 6.40. The molecule has 1 aromatic carbocycles. The van der Waals surface area contributed by atoms with Gasteiger partial charge in [-0.1, -0.05) is 37.3 Å². The Morgan fingerprint density at radius 2 is 1.94 bits per heavy atom. The molecule has 2 aromatic heterocycles. The molecule has 0 fully saturated rings. The van der Waals surface area contributed by atoms with Crippen LogP contribution in [0.4, 0.5) is 0 Å². The van der Waals surface area contributed by atoms with Crippen molar-refractivity contribution in [2.24, 2.45) is 5.92 Å². The first-order valence-corrected chi connectivity index (χ1v) is 10.7. The summed E-state index contributed by atoms with van der Waals surface area (Å²) in [6.07, 6.45) is 6.49. The number of aryl methyl sites for hydroxylation is 1. The van der Waals surface area contributed by atoms with E-state index in [-0.39, 0.29) is 23.7 Å². The van der Waals surface area contributed by atoms with Gasteiger partial charge in [0.2, 0.25) is 0 Å². The molecule has 2 N–H and O–H groups in total. The number of pyridine rings is 1. The van der Waals surface area contributed by atoms with E-state index in [1.54, 1.807) is 30.7 Å². The number of carbonyl (C=O) groups excluding carboxylic acids is 2. The maximum absolute atomic E-state index is 12.8. The number of fused-ring (bicyclic) bond motifs is 1. The number of aromatic nitrogens is 3. The number of rotatable bonds is 7. The second-order valence-corrected chi connectivity index (χ2v) is 8.06. The van der Waals surface area contributed by atoms with Gasteiger partial charge < -0.3 is 10.6 Å². The molecule has 0 aliphatic carbocycles. The molecule has 2 unspecified atom stereocenters. The number of nitrogens with zero attached hydrogens (tertiary/aromatic N) is 3. The van der Waals surface area contributed by atoms with Crippen molar-refractivity contribution in [2.75, 3.05) is 13.1 Å². The van der Waals surface area contributed by atoms with Crippen LogP contribution in [0.15, 0.2) is 61.1 Å². The zero-order valence-corrected chi connectivity index (χ0v) is 17.6. The molecule has 160 valence electrons. The fraction of sp³-hybridized carbons (Fsp3) is 0.333. The van der Waals surface area contributed by atoms with Crippen LogP contribution in [-0.4, -0.2) is 39.7 Å². The molecule has 0 bridgehead atoms. The highest BCUT2D eigenvalue weighted by Crippen LogP contribution is 2.23. The van der Waals surface area contributed by atoms with Crippen LogP contribution in [-0.2, 0) is 13.0 Å². The average molecular weight is 418 g/mol. The first-order valence-electron chi connectivity index (χ1n) is 10.7. The molecular formula is C24H27N5O2. The van der Waals surface area contributed by atoms with Crippen LogP contribution in [0.25, 0.3) is 0 Å². The summed E-state index contributed by atoms with van der Waals surface area (Å²) in [6.45, 7) is 3.98. The van der Waals surface area contributed by atoms with Crippen LogP contribution in [0.1, 0.15) is 51.2 Å². The predicted octanol–water partition coefficient (Wildman–Crippen LogP) is 2.80. The second-order valence-electron chi connectivity index (χ2n) is 8.06. The van der Waals surface area contributed by atoms with Crippen molar-refractivity contribution in [3.05, 3.63) is 83.4 Å². The Balaban J connectivity index is 1.34. The summed E-state index contributed by atoms with van der Waals surface area (Å²) in [7, 11) is 0. The van der Waals surface area contributed by atoms with Gasteiger partial charge in [-0.3, -0.25) is 19.3 Å². The SMILES string of the molecule is CC(CNC(=O)c1cnn2c1CC(CNC(=O)c1cccnc1)CC2)c1ccccc1. The molecule has 7 heteroatoms. The van der Waals surface area contributed by atoms with Gasteiger partial charge in [-0.25, -0.2) is 0 Å². The molecule has 1 aliphatic heterocycles. The van der Waals surface area contributed by atoms with Gasteiger partial charge in [0, 0.05) is 32.0 Å². The molecule has 0 saturated carbocycles. The van der Waals surface area contributed by atoms with Gasteiger partial charge in [-0.05, 0) is 42.4 Å². The fourth-order valence-electron chi connectivity index (χ4n) is 3.94. The lowest BCUT2D eigenvalue weighted by Crippen LogP contribution is -2.34. The summed E-state index contributed by atoms with van der Waals surface area (Å²) in [5.41, 5.74) is 3.32. The summed E-state index contributed by atoms with van der Waals surface area (Å²) in [4.78, 5) is 29.1. The number of benzene rings is 1. The Morgan fingerprint density at radius 3 is 2.71 bits per heavy atom. The van der Waals surface area contributed by atoms with Gasteiger partial charge in [0.05, 0.1) is 23.0 Å². The number of hydrogen-bond donors (Lipinski definition) is 2. The Morgan fingerprint density at radius 1 is 1.10 bits per heavy atom. The van der Waals surface area contributed by atoms with Crippen LogP contribution in [0.5, 0.6) is 0 Å². The third-order valence-corrected chi connectivity index (χ3v) is 5.84. The van der Waals surface area contributed by atoms with E-state index in [4.69, 9.17) is 0 Å². The van der Waals surface area contributed by atoms with Crippen molar-refractivity contribution in [1.29, 1.82) is 0 Å². The highest BCUT2D eigenvalue weighted by atomic mass is 16.2. The van der Waals surface area contributed by atoms with E-state index in [1.165, 1.54) is 5.56 Å². The van der Waals surface area contributed by atoms with E-state index >= 15 is 0 Å². The lowest BCUT2D eigenvalue weighted by Gasteiger charge is -2.24. The van der Waals surface area contributed by atoms with E-state index in [2.05, 4.69) is 39.8 Å². The first kappa shape index (κ1) is 20.8. The van der Waals surface area contributed by atoms with E-state index in [0.29, 0.717) is 30.6 Å². The van der Waals surface area contributed by atoms with Crippen molar-refractivity contribution in [3.63, 3.8) is 0 Å². The van der Waals surface area contributed by atoms with Gasteiger partial charge in [-0.2, -0.15) is 5.10 Å². The zero-order valence-electron chi connectivity index (χ0n) is 17.6. The Bertz CT molecular complexity index is 1030. The topological polar surface area (TPSA) is 88.9 Å². The molecule has 0 spiro atoms. The molecule has 2 amide bonds. The van der Waals surface area contributed by atoms with Crippen LogP contribution < -0.4 is 10.6 Å². The standard InChI is InChI=1S/C24H27N5O2/c1-17(19-6-3-2-4-7-19)13-26-24(31)21-16-28-29-11-9-18(12-22(21)29)14-27-23(30)20-8-5-10-25-15-20/h2-8,10,15-18H,9,11-14H2,1H3,(H,26,31)(H,27,30). The number of amides is 2. The highest BCUT2D eigenvalue weighted by Gasteiger charge is 2.25. The lowest BCUT2D eigenvalue weighted by molar-refractivity contribution is 0.0934. The Hall–Kier alpha value is -3.48. The minimum absolute atomic E-state index is 0.0934. The number of hydrogen-bond acceptors (Lipinski definition) is 4. The van der Waals surface area contributed by atoms with Gasteiger partial charge >= 0.3 is 0 Å². The minimum atomic E-state index is -0.125. The molecule has 0 radical (unpaired) electrons. The van der Waals surface area contributed by atoms with E-state index in [1.807, 2.05) is 22.9 Å². The van der Waals surface area contributed by atoms with Crippen molar-refractivity contribution < 1.29 is 9.59 Å². The summed E-state index contributed by atoms with van der Waals surface area (Å²) >= 11 is 0. The van der Waals surface area contributed by atoms with Crippen molar-refractivity contribution in [2.45, 2.75) is 32.2 Å². The average Bonchev–Trinajstić information content (AvgIpc) is 3.25. The van der Waals surface area contributed by atoms with Crippen molar-refractivity contribution >= 4 is 11.8 Å². The predicted molar refractivity (Wildman–Crippen MR) is 118 cm³/mol. The minimum Gasteiger partial charge on any atom is -0.352 e. The molecule has 7 nitrogen and oxygen atoms in total. The summed E-state index contributed by atoms with van der Waals surface area (Å²) < 4.78 is 1.91. The zero-order chi connectivity index (χ0) is 21.6. The monoisotopic (exact) mass is 417 g/mol. The quantitative estimate of drug-likeness (QED) is 0.619. The van der Waals surface area contributed by atoms with E-state index in [0.717, 1.165) is 18.7 Å². The van der Waals surface area contributed by atoms with Crippen LogP contribution in [0, 0.1) is 5.92 Å². The number of carbonyl (C=O) groups is 2. The summed E-state index contributed by atoms with van der Waals surface area (Å²) in [5, 5.41) is 10.4. The normalized spacial score (nSPS) is 16.2. The molecule has 2 atom stereocenters. The van der Waals surface area contributed by atoms with Gasteiger partial charge in [0.25, 0.3) is 11.8 Å². The second kappa shape index (κ2) is 9.55. The third kappa shape index (κ3) is 4.99. The van der Waals surface area contributed by atoms with Crippen molar-refractivity contribution in [3.8, 4) is 0 Å². The van der Waals surface area contributed by atoms with Gasteiger partial charge in [-0.15, -0.1) is 0 Å². The summed E-state index contributed by atoms with van der Waals surface area (Å²) in [6, 6.07) is 13.6. The van der Waals surface area contributed by atoms with E-state index < -0.39 is 0 Å². The van der Waals surface area contributed by atoms with E-state index in [9.17, 15) is 9.59 Å². The van der Waals surface area contributed by atoms with Crippen molar-refractivity contribution in [1.82, 2.24) is 25.4 Å². The molecule has 3 heterocycles. The largest absolute Gasteiger partial charge is 0.352 e. The summed E-state index contributed by atoms with van der Waals surface area (Å²) in [5.74, 6) is 0.274. The maximum Gasteiger partial charge on any atom is 0.254 e. The van der Waals surface area contributed by atoms with Crippen LogP contribution >= 0.6 is 0 Å². The maximum atomic E-state index is 12.8. The van der Waals surface area contributed by atoms with Gasteiger partial charge in [0.1, 0.15) is 0 Å². The lowest BCUT2D eigenvalue weighted by atomic mass is 9.94. The molecule has 1 aliphatic rings. The van der Waals surface area contributed by atoms with Gasteiger partial charge in [0.15, 0.2) is 0 Å². The highest BCUT2D eigenvalue weighted by molar-refractivity contribution is 5.95. The van der Waals surface area contributed by atoms with Crippen LogP contribution in [0.3, 0.4) is 0 Å². The first-order chi connectivity index (χ1) is 15.1. The third-order valence-electron chi connectivity index (χ3n) is 5.84. The fourth-order valence-corrected chi connectivity index (χ4v) is 3.94. The molecule has 0 saturated heterocycles. The van der Waals surface area contributed by atoms with Crippen LogP contribution in [0.2, 0.25) is 0 Å². The number of nitrogens with one attached hydrogen (secondary N) is 2. The Labute approximate surface area is 181 Å². The molecule has 4 rings (SSSR count). The molecular weight excluding hydrogens is 390 g/mol. The molecule has 3 aromatic rings. The smallest absolute Gasteiger partial charge is 0.254 e.